The van der Waals surface area contributed by atoms with E-state index in [2.05, 4.69) is 26.1 Å². The molecule has 78 valence electrons. The number of hydrogen-bond donors (Lipinski definition) is 2. The molecule has 0 aromatic heterocycles. The Morgan fingerprint density at radius 3 is 2.46 bits per heavy atom. The van der Waals surface area contributed by atoms with Crippen LogP contribution in [0.4, 0.5) is 0 Å². The highest BCUT2D eigenvalue weighted by atomic mass is 16.3. The van der Waals surface area contributed by atoms with Crippen molar-refractivity contribution in [1.82, 2.24) is 5.32 Å². The standard InChI is InChI=1S/C11H23NO/c1-9(2)6-11(3,8-13)12-7-10-4-5-10/h9-10,12-13H,4-8H2,1-3H3. The van der Waals surface area contributed by atoms with Crippen LogP contribution in [0.2, 0.25) is 0 Å². The summed E-state index contributed by atoms with van der Waals surface area (Å²) in [5, 5.41) is 12.8. The zero-order valence-electron chi connectivity index (χ0n) is 9.14. The van der Waals surface area contributed by atoms with Crippen LogP contribution >= 0.6 is 0 Å². The van der Waals surface area contributed by atoms with E-state index in [1.165, 1.54) is 12.8 Å². The van der Waals surface area contributed by atoms with Gasteiger partial charge in [0.15, 0.2) is 0 Å². The molecule has 0 aromatic rings. The van der Waals surface area contributed by atoms with E-state index in [0.29, 0.717) is 5.92 Å². The van der Waals surface area contributed by atoms with Crippen LogP contribution in [0.1, 0.15) is 40.0 Å². The molecule has 0 radical (unpaired) electrons. The molecular formula is C11H23NO. The third-order valence-electron chi connectivity index (χ3n) is 2.72. The summed E-state index contributed by atoms with van der Waals surface area (Å²) in [7, 11) is 0. The molecule has 0 saturated heterocycles. The molecule has 1 aliphatic rings. The van der Waals surface area contributed by atoms with E-state index in [0.717, 1.165) is 18.9 Å². The number of aliphatic hydroxyl groups is 1. The molecule has 0 aliphatic heterocycles. The molecule has 1 fully saturated rings. The van der Waals surface area contributed by atoms with Gasteiger partial charge in [-0.1, -0.05) is 13.8 Å². The van der Waals surface area contributed by atoms with Gasteiger partial charge in [-0.25, -0.2) is 0 Å². The van der Waals surface area contributed by atoms with Crippen molar-refractivity contribution in [1.29, 1.82) is 0 Å². The second kappa shape index (κ2) is 4.43. The Morgan fingerprint density at radius 2 is 2.08 bits per heavy atom. The van der Waals surface area contributed by atoms with Gasteiger partial charge in [0.1, 0.15) is 0 Å². The largest absolute Gasteiger partial charge is 0.394 e. The molecule has 1 atom stereocenters. The quantitative estimate of drug-likeness (QED) is 0.661. The Kier molecular flexibility index (Phi) is 3.74. The fraction of sp³-hybridized carbons (Fsp3) is 1.00. The van der Waals surface area contributed by atoms with E-state index in [1.54, 1.807) is 0 Å². The van der Waals surface area contributed by atoms with Gasteiger partial charge in [0, 0.05) is 5.54 Å². The molecule has 0 aromatic carbocycles. The van der Waals surface area contributed by atoms with Gasteiger partial charge in [0.2, 0.25) is 0 Å². The van der Waals surface area contributed by atoms with Gasteiger partial charge in [-0.05, 0) is 44.6 Å². The summed E-state index contributed by atoms with van der Waals surface area (Å²) in [5.74, 6) is 1.53. The Bertz CT molecular complexity index is 154. The van der Waals surface area contributed by atoms with Crippen LogP contribution in [0.15, 0.2) is 0 Å². The van der Waals surface area contributed by atoms with Crippen molar-refractivity contribution in [2.45, 2.75) is 45.6 Å². The molecule has 1 unspecified atom stereocenters. The fourth-order valence-electron chi connectivity index (χ4n) is 1.81. The molecule has 13 heavy (non-hydrogen) atoms. The molecule has 0 amide bonds. The first-order valence-corrected chi connectivity index (χ1v) is 5.41. The minimum absolute atomic E-state index is 0.0588. The predicted molar refractivity (Wildman–Crippen MR) is 55.7 cm³/mol. The third-order valence-corrected chi connectivity index (χ3v) is 2.72. The van der Waals surface area contributed by atoms with Gasteiger partial charge < -0.3 is 10.4 Å². The summed E-state index contributed by atoms with van der Waals surface area (Å²) in [6, 6.07) is 0. The first kappa shape index (κ1) is 11.0. The molecule has 0 spiro atoms. The summed E-state index contributed by atoms with van der Waals surface area (Å²) < 4.78 is 0. The SMILES string of the molecule is CC(C)CC(C)(CO)NCC1CC1. The van der Waals surface area contributed by atoms with Gasteiger partial charge >= 0.3 is 0 Å². The normalized spacial score (nSPS) is 21.9. The minimum atomic E-state index is -0.0588. The monoisotopic (exact) mass is 185 g/mol. The van der Waals surface area contributed by atoms with E-state index in [1.807, 2.05) is 0 Å². The van der Waals surface area contributed by atoms with E-state index in [4.69, 9.17) is 0 Å². The lowest BCUT2D eigenvalue weighted by Crippen LogP contribution is -2.47. The van der Waals surface area contributed by atoms with Crippen LogP contribution < -0.4 is 5.32 Å². The van der Waals surface area contributed by atoms with Crippen molar-refractivity contribution in [3.05, 3.63) is 0 Å². The summed E-state index contributed by atoms with van der Waals surface area (Å²) in [5.41, 5.74) is -0.0588. The van der Waals surface area contributed by atoms with Crippen LogP contribution in [-0.4, -0.2) is 23.8 Å². The lowest BCUT2D eigenvalue weighted by Gasteiger charge is -2.30. The van der Waals surface area contributed by atoms with Gasteiger partial charge in [0.25, 0.3) is 0 Å². The number of nitrogens with one attached hydrogen (secondary N) is 1. The van der Waals surface area contributed by atoms with Crippen LogP contribution in [0, 0.1) is 11.8 Å². The van der Waals surface area contributed by atoms with Crippen molar-refractivity contribution < 1.29 is 5.11 Å². The van der Waals surface area contributed by atoms with E-state index < -0.39 is 0 Å². The Balaban J connectivity index is 2.27. The van der Waals surface area contributed by atoms with Crippen molar-refractivity contribution in [3.63, 3.8) is 0 Å². The Hall–Kier alpha value is -0.0800. The average molecular weight is 185 g/mol. The zero-order chi connectivity index (χ0) is 9.90. The molecule has 2 N–H and O–H groups in total. The lowest BCUT2D eigenvalue weighted by atomic mass is 9.91. The minimum Gasteiger partial charge on any atom is -0.394 e. The fourth-order valence-corrected chi connectivity index (χ4v) is 1.81. The van der Waals surface area contributed by atoms with Crippen LogP contribution in [-0.2, 0) is 0 Å². The molecule has 1 rings (SSSR count). The number of rotatable bonds is 6. The topological polar surface area (TPSA) is 32.3 Å². The van der Waals surface area contributed by atoms with Crippen molar-refractivity contribution in [2.75, 3.05) is 13.2 Å². The predicted octanol–water partition coefficient (Wildman–Crippen LogP) is 1.78. The van der Waals surface area contributed by atoms with Crippen LogP contribution in [0.3, 0.4) is 0 Å². The summed E-state index contributed by atoms with van der Waals surface area (Å²) >= 11 is 0. The highest BCUT2D eigenvalue weighted by molar-refractivity contribution is 4.86. The smallest absolute Gasteiger partial charge is 0.0610 e. The molecule has 1 aliphatic carbocycles. The molecule has 2 nitrogen and oxygen atoms in total. The van der Waals surface area contributed by atoms with Crippen LogP contribution in [0.25, 0.3) is 0 Å². The molecule has 0 heterocycles. The summed E-state index contributed by atoms with van der Waals surface area (Å²) in [6.07, 6.45) is 3.79. The Labute approximate surface area is 81.7 Å². The Morgan fingerprint density at radius 1 is 1.46 bits per heavy atom. The summed E-state index contributed by atoms with van der Waals surface area (Å²) in [4.78, 5) is 0. The van der Waals surface area contributed by atoms with Crippen molar-refractivity contribution in [3.8, 4) is 0 Å². The average Bonchev–Trinajstić information content (AvgIpc) is 2.83. The second-order valence-corrected chi connectivity index (χ2v) is 5.14. The first-order valence-electron chi connectivity index (χ1n) is 5.41. The van der Waals surface area contributed by atoms with E-state index in [-0.39, 0.29) is 12.1 Å². The lowest BCUT2D eigenvalue weighted by molar-refractivity contribution is 0.151. The first-order chi connectivity index (χ1) is 6.06. The number of aliphatic hydroxyl groups excluding tert-OH is 1. The van der Waals surface area contributed by atoms with E-state index >= 15 is 0 Å². The summed E-state index contributed by atoms with van der Waals surface area (Å²) in [6.45, 7) is 7.86. The molecule has 1 saturated carbocycles. The van der Waals surface area contributed by atoms with Gasteiger partial charge in [-0.2, -0.15) is 0 Å². The zero-order valence-corrected chi connectivity index (χ0v) is 9.14. The molecule has 0 bridgehead atoms. The molecular weight excluding hydrogens is 162 g/mol. The van der Waals surface area contributed by atoms with Crippen LogP contribution in [0.5, 0.6) is 0 Å². The maximum atomic E-state index is 9.30. The second-order valence-electron chi connectivity index (χ2n) is 5.14. The van der Waals surface area contributed by atoms with Crippen molar-refractivity contribution in [2.24, 2.45) is 11.8 Å². The van der Waals surface area contributed by atoms with Gasteiger partial charge in [0.05, 0.1) is 6.61 Å². The van der Waals surface area contributed by atoms with Crippen molar-refractivity contribution >= 4 is 0 Å². The van der Waals surface area contributed by atoms with Gasteiger partial charge in [-0.3, -0.25) is 0 Å². The van der Waals surface area contributed by atoms with Gasteiger partial charge in [-0.15, -0.1) is 0 Å². The van der Waals surface area contributed by atoms with E-state index in [9.17, 15) is 5.11 Å². The molecule has 2 heteroatoms. The third kappa shape index (κ3) is 4.10. The number of hydrogen-bond acceptors (Lipinski definition) is 2. The maximum Gasteiger partial charge on any atom is 0.0610 e. The highest BCUT2D eigenvalue weighted by Crippen LogP contribution is 2.29. The highest BCUT2D eigenvalue weighted by Gasteiger charge is 2.28. The maximum absolute atomic E-state index is 9.30.